The Morgan fingerprint density at radius 2 is 1.81 bits per heavy atom. The quantitative estimate of drug-likeness (QED) is 0.392. The van der Waals surface area contributed by atoms with Crippen LogP contribution >= 0.6 is 35.0 Å². The fourth-order valence-electron chi connectivity index (χ4n) is 2.69. The first-order valence-corrected chi connectivity index (χ1v) is 10.6. The van der Waals surface area contributed by atoms with Gasteiger partial charge in [-0.3, -0.25) is 14.5 Å². The maximum Gasteiger partial charge on any atom is 0.344 e. The number of ether oxygens (including phenoxy) is 2. The van der Waals surface area contributed by atoms with Gasteiger partial charge in [0.2, 0.25) is 0 Å². The Morgan fingerprint density at radius 1 is 1.16 bits per heavy atom. The van der Waals surface area contributed by atoms with E-state index in [2.05, 4.69) is 0 Å². The third-order valence-electron chi connectivity index (χ3n) is 4.09. The van der Waals surface area contributed by atoms with Crippen LogP contribution in [0.2, 0.25) is 10.0 Å². The van der Waals surface area contributed by atoms with Crippen LogP contribution in [-0.2, 0) is 20.9 Å². The molecule has 1 saturated heterocycles. The Hall–Kier alpha value is -2.55. The van der Waals surface area contributed by atoms with Gasteiger partial charge in [-0.25, -0.2) is 9.18 Å². The molecule has 0 N–H and O–H groups in total. The molecule has 10 heteroatoms. The molecule has 2 aromatic carbocycles. The van der Waals surface area contributed by atoms with Crippen LogP contribution in [0.25, 0.3) is 6.08 Å². The average Bonchev–Trinajstić information content (AvgIpc) is 2.96. The topological polar surface area (TPSA) is 72.9 Å². The normalized spacial score (nSPS) is 15.0. The highest BCUT2D eigenvalue weighted by Crippen LogP contribution is 2.37. The fourth-order valence-corrected chi connectivity index (χ4v) is 4.15. The van der Waals surface area contributed by atoms with Gasteiger partial charge in [0, 0.05) is 0 Å². The molecule has 0 bridgehead atoms. The van der Waals surface area contributed by atoms with Crippen molar-refractivity contribution in [2.24, 2.45) is 0 Å². The number of rotatable bonds is 7. The number of benzene rings is 2. The van der Waals surface area contributed by atoms with E-state index in [9.17, 15) is 18.8 Å². The van der Waals surface area contributed by atoms with Gasteiger partial charge in [-0.2, -0.15) is 0 Å². The van der Waals surface area contributed by atoms with E-state index in [-0.39, 0.29) is 40.5 Å². The Balaban J connectivity index is 1.75. The summed E-state index contributed by atoms with van der Waals surface area (Å²) in [5.74, 6) is -1.33. The molecule has 162 valence electrons. The van der Waals surface area contributed by atoms with E-state index in [0.29, 0.717) is 11.1 Å². The zero-order valence-electron chi connectivity index (χ0n) is 16.2. The van der Waals surface area contributed by atoms with Crippen LogP contribution in [-0.4, -0.2) is 35.2 Å². The van der Waals surface area contributed by atoms with Gasteiger partial charge < -0.3 is 9.47 Å². The lowest BCUT2D eigenvalue weighted by Crippen LogP contribution is -2.27. The molecule has 0 spiro atoms. The zero-order chi connectivity index (χ0) is 22.5. The minimum atomic E-state index is -0.562. The zero-order valence-corrected chi connectivity index (χ0v) is 18.5. The van der Waals surface area contributed by atoms with Gasteiger partial charge in [0.25, 0.3) is 11.1 Å². The lowest BCUT2D eigenvalue weighted by Gasteiger charge is -2.12. The molecule has 0 saturated carbocycles. The summed E-state index contributed by atoms with van der Waals surface area (Å²) in [6.45, 7) is 1.58. The molecule has 1 fully saturated rings. The van der Waals surface area contributed by atoms with Gasteiger partial charge in [0.05, 0.1) is 28.1 Å². The predicted octanol–water partition coefficient (Wildman–Crippen LogP) is 5.31. The van der Waals surface area contributed by atoms with Crippen molar-refractivity contribution in [3.05, 3.63) is 68.3 Å². The Kier molecular flexibility index (Phi) is 7.59. The predicted molar refractivity (Wildman–Crippen MR) is 117 cm³/mol. The molecule has 6 nitrogen and oxygen atoms in total. The second-order valence-corrected chi connectivity index (χ2v) is 8.11. The highest BCUT2D eigenvalue weighted by molar-refractivity contribution is 8.18. The maximum atomic E-state index is 13.1. The number of thioether (sulfide) groups is 1. The summed E-state index contributed by atoms with van der Waals surface area (Å²) < 4.78 is 23.2. The van der Waals surface area contributed by atoms with E-state index >= 15 is 0 Å². The van der Waals surface area contributed by atoms with Crippen LogP contribution < -0.4 is 4.74 Å². The molecular weight excluding hydrogens is 468 g/mol. The van der Waals surface area contributed by atoms with E-state index in [1.807, 2.05) is 0 Å². The minimum absolute atomic E-state index is 0.0322. The van der Waals surface area contributed by atoms with Gasteiger partial charge in [-0.05, 0) is 60.2 Å². The molecule has 0 atom stereocenters. The summed E-state index contributed by atoms with van der Waals surface area (Å²) in [6.07, 6.45) is 1.49. The van der Waals surface area contributed by atoms with Crippen molar-refractivity contribution in [3.63, 3.8) is 0 Å². The highest BCUT2D eigenvalue weighted by atomic mass is 35.5. The number of amides is 2. The number of halogens is 3. The molecule has 1 aliphatic rings. The van der Waals surface area contributed by atoms with E-state index in [4.69, 9.17) is 32.7 Å². The van der Waals surface area contributed by atoms with Gasteiger partial charge in [-0.15, -0.1) is 0 Å². The first-order valence-electron chi connectivity index (χ1n) is 9.05. The van der Waals surface area contributed by atoms with Crippen LogP contribution in [0.1, 0.15) is 18.1 Å². The average molecular weight is 484 g/mol. The second-order valence-electron chi connectivity index (χ2n) is 6.30. The largest absolute Gasteiger partial charge is 0.479 e. The molecule has 0 aliphatic carbocycles. The smallest absolute Gasteiger partial charge is 0.344 e. The lowest BCUT2D eigenvalue weighted by molar-refractivity contribution is -0.145. The standard InChI is InChI=1S/C21H16Cl2FNO5S/c1-2-29-18(26)11-30-19-15(22)7-13(8-16(19)23)9-17-20(27)25(21(28)31-17)10-12-3-5-14(24)6-4-12/h3-9H,2,10-11H2,1H3/b17-9-. The van der Waals surface area contributed by atoms with Crippen LogP contribution in [0.15, 0.2) is 41.3 Å². The summed E-state index contributed by atoms with van der Waals surface area (Å²) >= 11 is 13.2. The number of carbonyl (C=O) groups excluding carboxylic acids is 3. The Morgan fingerprint density at radius 3 is 2.42 bits per heavy atom. The van der Waals surface area contributed by atoms with Crippen molar-refractivity contribution < 1.29 is 28.2 Å². The van der Waals surface area contributed by atoms with Crippen molar-refractivity contribution in [1.29, 1.82) is 0 Å². The van der Waals surface area contributed by atoms with E-state index in [0.717, 1.165) is 16.7 Å². The summed E-state index contributed by atoms with van der Waals surface area (Å²) in [7, 11) is 0. The molecule has 3 rings (SSSR count). The molecule has 0 aromatic heterocycles. The number of carbonyl (C=O) groups is 3. The van der Waals surface area contributed by atoms with Crippen molar-refractivity contribution in [3.8, 4) is 5.75 Å². The number of nitrogens with zero attached hydrogens (tertiary/aromatic N) is 1. The molecule has 2 amide bonds. The number of hydrogen-bond acceptors (Lipinski definition) is 6. The van der Waals surface area contributed by atoms with Crippen molar-refractivity contribution in [1.82, 2.24) is 4.90 Å². The van der Waals surface area contributed by atoms with Gasteiger partial charge in [-0.1, -0.05) is 35.3 Å². The van der Waals surface area contributed by atoms with E-state index in [1.165, 1.54) is 42.5 Å². The van der Waals surface area contributed by atoms with Gasteiger partial charge in [0.15, 0.2) is 12.4 Å². The number of hydrogen-bond donors (Lipinski definition) is 0. The minimum Gasteiger partial charge on any atom is -0.479 e. The van der Waals surface area contributed by atoms with E-state index in [1.54, 1.807) is 6.92 Å². The highest BCUT2D eigenvalue weighted by Gasteiger charge is 2.35. The molecule has 31 heavy (non-hydrogen) atoms. The first-order chi connectivity index (χ1) is 14.8. The summed E-state index contributed by atoms with van der Waals surface area (Å²) in [4.78, 5) is 37.7. The van der Waals surface area contributed by atoms with Crippen molar-refractivity contribution in [2.75, 3.05) is 13.2 Å². The first kappa shape index (κ1) is 23.1. The van der Waals surface area contributed by atoms with Crippen LogP contribution in [0.3, 0.4) is 0 Å². The van der Waals surface area contributed by atoms with Crippen molar-refractivity contribution in [2.45, 2.75) is 13.5 Å². The van der Waals surface area contributed by atoms with E-state index < -0.39 is 22.9 Å². The molecule has 1 aliphatic heterocycles. The number of esters is 1. The Bertz CT molecular complexity index is 1040. The lowest BCUT2D eigenvalue weighted by atomic mass is 10.2. The van der Waals surface area contributed by atoms with Crippen molar-refractivity contribution >= 4 is 58.2 Å². The summed E-state index contributed by atoms with van der Waals surface area (Å²) in [6, 6.07) is 8.55. The molecule has 0 radical (unpaired) electrons. The molecule has 1 heterocycles. The summed E-state index contributed by atoms with van der Waals surface area (Å²) in [5, 5.41) is -0.172. The summed E-state index contributed by atoms with van der Waals surface area (Å²) in [5.41, 5.74) is 1.10. The van der Waals surface area contributed by atoms with Crippen LogP contribution in [0, 0.1) is 5.82 Å². The SMILES string of the molecule is CCOC(=O)COc1c(Cl)cc(/C=C2\SC(=O)N(Cc3ccc(F)cc3)C2=O)cc1Cl. The fraction of sp³-hybridized carbons (Fsp3) is 0.190. The maximum absolute atomic E-state index is 13.1. The molecular formula is C21H16Cl2FNO5S. The Labute approximate surface area is 191 Å². The third-order valence-corrected chi connectivity index (χ3v) is 5.55. The van der Waals surface area contributed by atoms with Gasteiger partial charge in [0.1, 0.15) is 5.82 Å². The number of imide groups is 1. The second kappa shape index (κ2) is 10.2. The van der Waals surface area contributed by atoms with Crippen LogP contribution in [0.5, 0.6) is 5.75 Å². The van der Waals surface area contributed by atoms with Crippen LogP contribution in [0.4, 0.5) is 9.18 Å². The molecule has 0 unspecified atom stereocenters. The van der Waals surface area contributed by atoms with Gasteiger partial charge >= 0.3 is 5.97 Å². The monoisotopic (exact) mass is 483 g/mol. The third kappa shape index (κ3) is 5.78. The molecule has 2 aromatic rings.